The number of halogens is 2. The highest BCUT2D eigenvalue weighted by molar-refractivity contribution is 14.0. The van der Waals surface area contributed by atoms with E-state index in [2.05, 4.69) is 34.0 Å². The van der Waals surface area contributed by atoms with Crippen LogP contribution in [0.25, 0.3) is 0 Å². The molecule has 154 valence electrons. The summed E-state index contributed by atoms with van der Waals surface area (Å²) in [7, 11) is 5.73. The quantitative estimate of drug-likeness (QED) is 0.362. The third-order valence-electron chi connectivity index (χ3n) is 5.05. The number of guanidine groups is 1. The van der Waals surface area contributed by atoms with Crippen LogP contribution < -0.4 is 5.32 Å². The lowest BCUT2D eigenvalue weighted by molar-refractivity contribution is 0.223. The van der Waals surface area contributed by atoms with Crippen molar-refractivity contribution in [2.75, 3.05) is 47.3 Å². The van der Waals surface area contributed by atoms with Crippen molar-refractivity contribution in [1.29, 1.82) is 0 Å². The van der Waals surface area contributed by atoms with Crippen molar-refractivity contribution in [3.05, 3.63) is 35.1 Å². The molecular weight excluding hydrogens is 456 g/mol. The lowest BCUT2D eigenvalue weighted by atomic mass is 10.1. The van der Waals surface area contributed by atoms with Crippen molar-refractivity contribution in [2.24, 2.45) is 4.99 Å². The Morgan fingerprint density at radius 3 is 2.59 bits per heavy atom. The van der Waals surface area contributed by atoms with Gasteiger partial charge in [0.1, 0.15) is 5.82 Å². The van der Waals surface area contributed by atoms with Crippen LogP contribution in [0.15, 0.2) is 23.2 Å². The fraction of sp³-hybridized carbons (Fsp3) is 0.650. The summed E-state index contributed by atoms with van der Waals surface area (Å²) in [5.74, 6) is 0.784. The molecule has 1 aromatic carbocycles. The molecule has 1 aliphatic rings. The Morgan fingerprint density at radius 2 is 2.00 bits per heavy atom. The van der Waals surface area contributed by atoms with Gasteiger partial charge in [0.2, 0.25) is 0 Å². The molecule has 7 heteroatoms. The van der Waals surface area contributed by atoms with E-state index in [1.807, 2.05) is 38.2 Å². The highest BCUT2D eigenvalue weighted by atomic mass is 127. The van der Waals surface area contributed by atoms with E-state index in [-0.39, 0.29) is 29.8 Å². The highest BCUT2D eigenvalue weighted by Crippen LogP contribution is 2.16. The lowest BCUT2D eigenvalue weighted by Crippen LogP contribution is -2.43. The van der Waals surface area contributed by atoms with Crippen LogP contribution >= 0.6 is 24.0 Å². The Bertz CT molecular complexity index is 604. The van der Waals surface area contributed by atoms with Crippen LogP contribution in [0.5, 0.6) is 0 Å². The van der Waals surface area contributed by atoms with E-state index >= 15 is 0 Å². The van der Waals surface area contributed by atoms with Crippen LogP contribution in [0.1, 0.15) is 31.4 Å². The molecular formula is C20H35FIN5. The molecule has 5 nitrogen and oxygen atoms in total. The van der Waals surface area contributed by atoms with Gasteiger partial charge in [0, 0.05) is 44.8 Å². The Morgan fingerprint density at radius 1 is 1.30 bits per heavy atom. The smallest absolute Gasteiger partial charge is 0.193 e. The summed E-state index contributed by atoms with van der Waals surface area (Å²) in [4.78, 5) is 11.3. The number of likely N-dealkylation sites (tertiary alicyclic amines) is 1. The summed E-state index contributed by atoms with van der Waals surface area (Å²) < 4.78 is 13.9. The molecule has 0 spiro atoms. The van der Waals surface area contributed by atoms with E-state index in [1.165, 1.54) is 6.42 Å². The Hall–Kier alpha value is -0.930. The number of rotatable bonds is 7. The average molecular weight is 491 g/mol. The zero-order chi connectivity index (χ0) is 19.1. The second-order valence-corrected chi connectivity index (χ2v) is 7.17. The van der Waals surface area contributed by atoms with Crippen molar-refractivity contribution in [2.45, 2.75) is 39.4 Å². The van der Waals surface area contributed by atoms with E-state index in [0.717, 1.165) is 43.3 Å². The summed E-state index contributed by atoms with van der Waals surface area (Å²) >= 11 is 0. The fourth-order valence-electron chi connectivity index (χ4n) is 3.69. The molecule has 1 aliphatic heterocycles. The van der Waals surface area contributed by atoms with Crippen LogP contribution in [0.3, 0.4) is 0 Å². The third kappa shape index (κ3) is 6.87. The number of hydrogen-bond donors (Lipinski definition) is 1. The second-order valence-electron chi connectivity index (χ2n) is 7.17. The SMILES string of the molecule is CCN(CC)C1CCN(C(=NC)NCc2ccc(F)c(CN(C)C)c2)C1.I. The van der Waals surface area contributed by atoms with Gasteiger partial charge in [-0.15, -0.1) is 24.0 Å². The van der Waals surface area contributed by atoms with Crippen molar-refractivity contribution in [1.82, 2.24) is 20.0 Å². The Kier molecular flexibility index (Phi) is 10.5. The summed E-state index contributed by atoms with van der Waals surface area (Å²) in [5.41, 5.74) is 1.80. The first-order valence-electron chi connectivity index (χ1n) is 9.60. The maximum absolute atomic E-state index is 13.9. The van der Waals surface area contributed by atoms with Gasteiger partial charge in [-0.3, -0.25) is 9.89 Å². The molecule has 1 saturated heterocycles. The minimum Gasteiger partial charge on any atom is -0.352 e. The number of hydrogen-bond acceptors (Lipinski definition) is 3. The summed E-state index contributed by atoms with van der Waals surface area (Å²) in [5, 5.41) is 3.44. The standard InChI is InChI=1S/C20H34FN5.HI/c1-6-25(7-2)18-10-11-26(15-18)20(22-3)23-13-16-8-9-19(21)17(12-16)14-24(4)5;/h8-9,12,18H,6-7,10-11,13-15H2,1-5H3,(H,22,23);1H. The summed E-state index contributed by atoms with van der Waals surface area (Å²) in [6.07, 6.45) is 1.17. The lowest BCUT2D eigenvalue weighted by Gasteiger charge is -2.27. The molecule has 1 atom stereocenters. The largest absolute Gasteiger partial charge is 0.352 e. The van der Waals surface area contributed by atoms with Crippen LogP contribution in [0, 0.1) is 5.82 Å². The van der Waals surface area contributed by atoms with Crippen LogP contribution in [0.2, 0.25) is 0 Å². The molecule has 1 unspecified atom stereocenters. The topological polar surface area (TPSA) is 34.1 Å². The number of nitrogens with zero attached hydrogens (tertiary/aromatic N) is 4. The molecule has 0 amide bonds. The van der Waals surface area contributed by atoms with Crippen molar-refractivity contribution >= 4 is 29.9 Å². The van der Waals surface area contributed by atoms with Gasteiger partial charge < -0.3 is 15.1 Å². The van der Waals surface area contributed by atoms with Gasteiger partial charge >= 0.3 is 0 Å². The Balaban J connectivity index is 0.00000364. The van der Waals surface area contributed by atoms with E-state index < -0.39 is 0 Å². The molecule has 0 bridgehead atoms. The van der Waals surface area contributed by atoms with Crippen molar-refractivity contribution in [3.8, 4) is 0 Å². The van der Waals surface area contributed by atoms with E-state index in [0.29, 0.717) is 19.1 Å². The number of nitrogens with one attached hydrogen (secondary N) is 1. The van der Waals surface area contributed by atoms with Crippen LogP contribution in [0.4, 0.5) is 4.39 Å². The Labute approximate surface area is 181 Å². The van der Waals surface area contributed by atoms with Gasteiger partial charge in [-0.1, -0.05) is 19.9 Å². The summed E-state index contributed by atoms with van der Waals surface area (Å²) in [6, 6.07) is 5.95. The summed E-state index contributed by atoms with van der Waals surface area (Å²) in [6.45, 7) is 9.91. The zero-order valence-corrected chi connectivity index (χ0v) is 19.7. The molecule has 27 heavy (non-hydrogen) atoms. The van der Waals surface area contributed by atoms with Gasteiger partial charge in [-0.2, -0.15) is 0 Å². The van der Waals surface area contributed by atoms with E-state index in [9.17, 15) is 4.39 Å². The van der Waals surface area contributed by atoms with Crippen LogP contribution in [-0.4, -0.2) is 74.0 Å². The van der Waals surface area contributed by atoms with E-state index in [1.54, 1.807) is 6.07 Å². The number of benzene rings is 1. The molecule has 1 heterocycles. The molecule has 2 rings (SSSR count). The van der Waals surface area contributed by atoms with Gasteiger partial charge in [0.05, 0.1) is 0 Å². The van der Waals surface area contributed by atoms with Gasteiger partial charge in [0.15, 0.2) is 5.96 Å². The molecule has 1 N–H and O–H groups in total. The monoisotopic (exact) mass is 491 g/mol. The average Bonchev–Trinajstić information content (AvgIpc) is 3.08. The molecule has 1 aromatic rings. The molecule has 0 radical (unpaired) electrons. The highest BCUT2D eigenvalue weighted by Gasteiger charge is 2.27. The second kappa shape index (κ2) is 11.8. The molecule has 0 saturated carbocycles. The minimum absolute atomic E-state index is 0. The number of aliphatic imine (C=N–C) groups is 1. The predicted octanol–water partition coefficient (Wildman–Crippen LogP) is 3.00. The first kappa shape index (κ1) is 24.1. The molecule has 1 fully saturated rings. The van der Waals surface area contributed by atoms with Gasteiger partial charge in [-0.05, 0) is 51.3 Å². The number of likely N-dealkylation sites (N-methyl/N-ethyl adjacent to an activating group) is 1. The maximum Gasteiger partial charge on any atom is 0.193 e. The minimum atomic E-state index is -0.145. The fourth-order valence-corrected chi connectivity index (χ4v) is 3.69. The third-order valence-corrected chi connectivity index (χ3v) is 5.05. The zero-order valence-electron chi connectivity index (χ0n) is 17.3. The van der Waals surface area contributed by atoms with Gasteiger partial charge in [0.25, 0.3) is 0 Å². The van der Waals surface area contributed by atoms with Crippen molar-refractivity contribution in [3.63, 3.8) is 0 Å². The predicted molar refractivity (Wildman–Crippen MR) is 122 cm³/mol. The first-order valence-corrected chi connectivity index (χ1v) is 9.60. The normalized spacial score (nSPS) is 17.6. The van der Waals surface area contributed by atoms with Crippen molar-refractivity contribution < 1.29 is 4.39 Å². The maximum atomic E-state index is 13.9. The van der Waals surface area contributed by atoms with Gasteiger partial charge in [-0.25, -0.2) is 4.39 Å². The molecule has 0 aliphatic carbocycles. The van der Waals surface area contributed by atoms with Crippen LogP contribution in [-0.2, 0) is 13.1 Å². The molecule has 0 aromatic heterocycles. The van der Waals surface area contributed by atoms with E-state index in [4.69, 9.17) is 0 Å². The first-order chi connectivity index (χ1) is 12.5.